The van der Waals surface area contributed by atoms with Gasteiger partial charge in [0.15, 0.2) is 11.5 Å². The van der Waals surface area contributed by atoms with Crippen molar-refractivity contribution < 1.29 is 9.47 Å². The number of halogens is 1. The molecule has 1 fully saturated rings. The van der Waals surface area contributed by atoms with Crippen LogP contribution in [0, 0.1) is 0 Å². The van der Waals surface area contributed by atoms with E-state index >= 15 is 0 Å². The maximum absolute atomic E-state index is 6.40. The van der Waals surface area contributed by atoms with Crippen molar-refractivity contribution in [3.8, 4) is 11.5 Å². The van der Waals surface area contributed by atoms with E-state index in [1.54, 1.807) is 7.11 Å². The molecule has 130 valence electrons. The van der Waals surface area contributed by atoms with Crippen LogP contribution >= 0.6 is 11.6 Å². The first-order valence-electron chi connectivity index (χ1n) is 8.16. The summed E-state index contributed by atoms with van der Waals surface area (Å²) < 4.78 is 11.1. The van der Waals surface area contributed by atoms with Crippen LogP contribution in [-0.2, 0) is 0 Å². The van der Waals surface area contributed by atoms with Crippen LogP contribution in [0.15, 0.2) is 12.1 Å². The Labute approximate surface area is 144 Å². The maximum atomic E-state index is 6.40. The van der Waals surface area contributed by atoms with E-state index in [2.05, 4.69) is 23.8 Å². The molecular formula is C17H28ClN3O2. The molecular weight excluding hydrogens is 314 g/mol. The van der Waals surface area contributed by atoms with Crippen LogP contribution in [0.2, 0.25) is 5.02 Å². The Morgan fingerprint density at radius 1 is 1.39 bits per heavy atom. The van der Waals surface area contributed by atoms with E-state index in [1.165, 1.54) is 0 Å². The topological polar surface area (TPSA) is 51.0 Å². The van der Waals surface area contributed by atoms with E-state index in [0.29, 0.717) is 35.7 Å². The van der Waals surface area contributed by atoms with Gasteiger partial charge in [-0.05, 0) is 38.6 Å². The van der Waals surface area contributed by atoms with Gasteiger partial charge in [0.1, 0.15) is 0 Å². The molecule has 0 spiro atoms. The lowest BCUT2D eigenvalue weighted by Gasteiger charge is -2.42. The van der Waals surface area contributed by atoms with E-state index in [9.17, 15) is 0 Å². The fourth-order valence-corrected chi connectivity index (χ4v) is 3.62. The number of likely N-dealkylation sites (N-methyl/N-ethyl adjacent to an activating group) is 1. The number of hydrogen-bond donors (Lipinski definition) is 1. The predicted octanol–water partition coefficient (Wildman–Crippen LogP) is 2.38. The van der Waals surface area contributed by atoms with Crippen LogP contribution in [0.5, 0.6) is 11.5 Å². The highest BCUT2D eigenvalue weighted by Gasteiger charge is 2.29. The molecule has 1 aromatic rings. The third-order valence-electron chi connectivity index (χ3n) is 4.43. The highest BCUT2D eigenvalue weighted by Crippen LogP contribution is 2.39. The van der Waals surface area contributed by atoms with Crippen molar-refractivity contribution in [1.29, 1.82) is 0 Å². The number of hydrogen-bond acceptors (Lipinski definition) is 5. The van der Waals surface area contributed by atoms with Crippen LogP contribution in [0.25, 0.3) is 0 Å². The summed E-state index contributed by atoms with van der Waals surface area (Å²) >= 11 is 6.40. The summed E-state index contributed by atoms with van der Waals surface area (Å²) in [6, 6.07) is 4.53. The molecule has 2 N–H and O–H groups in total. The Hall–Kier alpha value is -1.01. The molecule has 23 heavy (non-hydrogen) atoms. The van der Waals surface area contributed by atoms with E-state index in [0.717, 1.165) is 25.2 Å². The molecule has 1 aromatic carbocycles. The van der Waals surface area contributed by atoms with Crippen LogP contribution in [0.4, 0.5) is 0 Å². The van der Waals surface area contributed by atoms with E-state index in [-0.39, 0.29) is 6.04 Å². The molecule has 1 aliphatic heterocycles. The van der Waals surface area contributed by atoms with Crippen LogP contribution in [0.1, 0.15) is 25.5 Å². The van der Waals surface area contributed by atoms with Crippen molar-refractivity contribution in [3.05, 3.63) is 22.7 Å². The molecule has 0 bridgehead atoms. The van der Waals surface area contributed by atoms with Gasteiger partial charge in [-0.25, -0.2) is 0 Å². The number of rotatable bonds is 6. The number of nitrogens with zero attached hydrogens (tertiary/aromatic N) is 2. The molecule has 2 rings (SSSR count). The molecule has 5 nitrogen and oxygen atoms in total. The molecule has 1 aliphatic rings. The second-order valence-electron chi connectivity index (χ2n) is 6.07. The van der Waals surface area contributed by atoms with Gasteiger partial charge in [0.2, 0.25) is 0 Å². The van der Waals surface area contributed by atoms with Crippen molar-refractivity contribution in [3.63, 3.8) is 0 Å². The van der Waals surface area contributed by atoms with E-state index < -0.39 is 0 Å². The normalized spacial score (nSPS) is 21.2. The minimum Gasteiger partial charge on any atom is -0.491 e. The molecule has 1 saturated heterocycles. The molecule has 2 unspecified atom stereocenters. The van der Waals surface area contributed by atoms with Gasteiger partial charge in [-0.1, -0.05) is 11.6 Å². The summed E-state index contributed by atoms with van der Waals surface area (Å²) in [5, 5.41) is 0.564. The highest BCUT2D eigenvalue weighted by atomic mass is 35.5. The van der Waals surface area contributed by atoms with E-state index in [1.807, 2.05) is 19.1 Å². The van der Waals surface area contributed by atoms with Crippen molar-refractivity contribution in [2.75, 3.05) is 46.9 Å². The number of benzene rings is 1. The highest BCUT2D eigenvalue weighted by molar-refractivity contribution is 6.32. The van der Waals surface area contributed by atoms with Crippen molar-refractivity contribution in [2.45, 2.75) is 25.9 Å². The maximum Gasteiger partial charge on any atom is 0.179 e. The molecule has 1 heterocycles. The standard InChI is InChI=1S/C17H28ClN3O2/c1-5-23-16-9-13(8-14(18)17(16)22-4)15(10-19)21-7-6-20(3)11-12(21)2/h8-9,12,15H,5-7,10-11,19H2,1-4H3. The molecule has 0 aromatic heterocycles. The summed E-state index contributed by atoms with van der Waals surface area (Å²) in [6.07, 6.45) is 0. The average Bonchev–Trinajstić information content (AvgIpc) is 2.50. The van der Waals surface area contributed by atoms with Gasteiger partial charge in [0.05, 0.1) is 18.7 Å². The largest absolute Gasteiger partial charge is 0.491 e. The quantitative estimate of drug-likeness (QED) is 0.861. The zero-order valence-corrected chi connectivity index (χ0v) is 15.3. The minimum absolute atomic E-state index is 0.126. The molecule has 6 heteroatoms. The Morgan fingerprint density at radius 3 is 2.70 bits per heavy atom. The van der Waals surface area contributed by atoms with Crippen molar-refractivity contribution in [2.24, 2.45) is 5.73 Å². The number of nitrogens with two attached hydrogens (primary N) is 1. The zero-order chi connectivity index (χ0) is 17.0. The Balaban J connectivity index is 2.33. The summed E-state index contributed by atoms with van der Waals surface area (Å²) in [5.74, 6) is 1.26. The third-order valence-corrected chi connectivity index (χ3v) is 4.71. The second kappa shape index (κ2) is 8.20. The molecule has 0 amide bonds. The number of ether oxygens (including phenoxy) is 2. The Kier molecular flexibility index (Phi) is 6.53. The van der Waals surface area contributed by atoms with Gasteiger partial charge in [-0.15, -0.1) is 0 Å². The monoisotopic (exact) mass is 341 g/mol. The number of methoxy groups -OCH3 is 1. The van der Waals surface area contributed by atoms with Crippen LogP contribution in [0.3, 0.4) is 0 Å². The van der Waals surface area contributed by atoms with Crippen LogP contribution < -0.4 is 15.2 Å². The lowest BCUT2D eigenvalue weighted by molar-refractivity contribution is 0.0634. The predicted molar refractivity (Wildman–Crippen MR) is 94.6 cm³/mol. The average molecular weight is 342 g/mol. The Bertz CT molecular complexity index is 527. The summed E-state index contributed by atoms with van der Waals surface area (Å²) in [5.41, 5.74) is 7.19. The molecule has 0 radical (unpaired) electrons. The first-order chi connectivity index (χ1) is 11.0. The first-order valence-corrected chi connectivity index (χ1v) is 8.54. The zero-order valence-electron chi connectivity index (χ0n) is 14.5. The van der Waals surface area contributed by atoms with E-state index in [4.69, 9.17) is 26.8 Å². The molecule has 0 aliphatic carbocycles. The van der Waals surface area contributed by atoms with Gasteiger partial charge in [0.25, 0.3) is 0 Å². The number of piperazine rings is 1. The van der Waals surface area contributed by atoms with Gasteiger partial charge >= 0.3 is 0 Å². The van der Waals surface area contributed by atoms with Crippen molar-refractivity contribution in [1.82, 2.24) is 9.80 Å². The van der Waals surface area contributed by atoms with Crippen LogP contribution in [-0.4, -0.2) is 62.8 Å². The second-order valence-corrected chi connectivity index (χ2v) is 6.47. The van der Waals surface area contributed by atoms with Crippen molar-refractivity contribution >= 4 is 11.6 Å². The lowest BCUT2D eigenvalue weighted by Crippen LogP contribution is -2.52. The Morgan fingerprint density at radius 2 is 2.13 bits per heavy atom. The molecule has 0 saturated carbocycles. The fraction of sp³-hybridized carbons (Fsp3) is 0.647. The summed E-state index contributed by atoms with van der Waals surface area (Å²) in [6.45, 7) is 8.38. The van der Waals surface area contributed by atoms with Gasteiger partial charge < -0.3 is 20.1 Å². The SMILES string of the molecule is CCOc1cc(C(CN)N2CCN(C)CC2C)cc(Cl)c1OC. The smallest absolute Gasteiger partial charge is 0.179 e. The lowest BCUT2D eigenvalue weighted by atomic mass is 10.0. The first kappa shape index (κ1) is 18.3. The summed E-state index contributed by atoms with van der Waals surface area (Å²) in [7, 11) is 3.76. The van der Waals surface area contributed by atoms with Gasteiger partial charge in [0, 0.05) is 38.3 Å². The minimum atomic E-state index is 0.126. The molecule has 2 atom stereocenters. The third kappa shape index (κ3) is 4.10. The van der Waals surface area contributed by atoms with Gasteiger partial charge in [-0.3, -0.25) is 4.90 Å². The fourth-order valence-electron chi connectivity index (χ4n) is 3.32. The summed E-state index contributed by atoms with van der Waals surface area (Å²) in [4.78, 5) is 4.80. The van der Waals surface area contributed by atoms with Gasteiger partial charge in [-0.2, -0.15) is 0 Å².